The van der Waals surface area contributed by atoms with Gasteiger partial charge in [-0.3, -0.25) is 0 Å². The fourth-order valence-electron chi connectivity index (χ4n) is 1.08. The third kappa shape index (κ3) is 4.44. The Morgan fingerprint density at radius 1 is 1.38 bits per heavy atom. The van der Waals surface area contributed by atoms with Gasteiger partial charge in [-0.1, -0.05) is 19.9 Å². The van der Waals surface area contributed by atoms with Gasteiger partial charge in [0.1, 0.15) is 11.0 Å². The highest BCUT2D eigenvalue weighted by Crippen LogP contribution is 2.17. The lowest BCUT2D eigenvalue weighted by Crippen LogP contribution is -2.07. The first-order chi connectivity index (χ1) is 7.50. The molecule has 0 aliphatic rings. The second-order valence-corrected chi connectivity index (χ2v) is 4.02. The van der Waals surface area contributed by atoms with Crippen LogP contribution in [0.25, 0.3) is 0 Å². The average molecular weight is 243 g/mol. The van der Waals surface area contributed by atoms with Crippen LogP contribution in [0.15, 0.2) is 18.2 Å². The normalized spacial score (nSPS) is 11.0. The van der Waals surface area contributed by atoms with Crippen LogP contribution < -0.4 is 4.72 Å². The molecule has 0 heterocycles. The molecular formula is C11H17NO3S. The van der Waals surface area contributed by atoms with E-state index in [0.29, 0.717) is 5.69 Å². The molecule has 4 nitrogen and oxygen atoms in total. The number of carboxylic acid groups (broad SMARTS) is 1. The summed E-state index contributed by atoms with van der Waals surface area (Å²) in [4.78, 5) is 10.8. The van der Waals surface area contributed by atoms with Crippen LogP contribution in [0.1, 0.15) is 29.8 Å². The molecule has 0 aliphatic carbocycles. The molecule has 0 aliphatic heterocycles. The molecule has 0 amide bonds. The van der Waals surface area contributed by atoms with Crippen molar-refractivity contribution in [2.45, 2.75) is 20.8 Å². The summed E-state index contributed by atoms with van der Waals surface area (Å²) in [6, 6.07) is 4.85. The fourth-order valence-corrected chi connectivity index (χ4v) is 1.56. The number of benzene rings is 1. The highest BCUT2D eigenvalue weighted by Gasteiger charge is 2.10. The second kappa shape index (κ2) is 7.00. The van der Waals surface area contributed by atoms with Crippen molar-refractivity contribution in [3.63, 3.8) is 0 Å². The Hall–Kier alpha value is -1.36. The maximum absolute atomic E-state index is 10.9. The van der Waals surface area contributed by atoms with E-state index >= 15 is 0 Å². The van der Waals surface area contributed by atoms with E-state index in [2.05, 4.69) is 4.72 Å². The molecule has 0 saturated carbocycles. The van der Waals surface area contributed by atoms with E-state index in [1.165, 1.54) is 12.3 Å². The summed E-state index contributed by atoms with van der Waals surface area (Å²) >= 11 is 0. The van der Waals surface area contributed by atoms with Crippen molar-refractivity contribution in [1.82, 2.24) is 0 Å². The molecule has 1 atom stereocenters. The lowest BCUT2D eigenvalue weighted by molar-refractivity contribution is 0.0698. The predicted octanol–water partition coefficient (Wildman–Crippen LogP) is 2.42. The average Bonchev–Trinajstić information content (AvgIpc) is 2.19. The topological polar surface area (TPSA) is 66.4 Å². The van der Waals surface area contributed by atoms with Gasteiger partial charge < -0.3 is 9.83 Å². The summed E-state index contributed by atoms with van der Waals surface area (Å²) in [5, 5.41) is 8.83. The quantitative estimate of drug-likeness (QED) is 0.856. The Bertz CT molecular complexity index is 391. The molecule has 0 aromatic heterocycles. The number of nitrogens with one attached hydrogen (secondary N) is 1. The Kier molecular flexibility index (Phi) is 6.41. The number of carboxylic acids is 1. The zero-order valence-corrected chi connectivity index (χ0v) is 10.7. The van der Waals surface area contributed by atoms with Crippen molar-refractivity contribution in [3.05, 3.63) is 29.3 Å². The number of aryl methyl sites for hydroxylation is 1. The molecule has 90 valence electrons. The highest BCUT2D eigenvalue weighted by atomic mass is 32.2. The molecule has 1 unspecified atom stereocenters. The van der Waals surface area contributed by atoms with E-state index in [0.717, 1.165) is 5.56 Å². The van der Waals surface area contributed by atoms with Gasteiger partial charge in [-0.05, 0) is 24.6 Å². The number of carbonyl (C=O) groups is 1. The van der Waals surface area contributed by atoms with Gasteiger partial charge in [0.15, 0.2) is 0 Å². The summed E-state index contributed by atoms with van der Waals surface area (Å²) in [5.41, 5.74) is 1.44. The lowest BCUT2D eigenvalue weighted by atomic mass is 10.1. The first kappa shape index (κ1) is 14.6. The molecule has 0 fully saturated rings. The molecule has 1 aromatic rings. The molecule has 2 N–H and O–H groups in total. The summed E-state index contributed by atoms with van der Waals surface area (Å²) in [6.45, 7) is 5.84. The van der Waals surface area contributed by atoms with Gasteiger partial charge in [0, 0.05) is 6.26 Å². The highest BCUT2D eigenvalue weighted by molar-refractivity contribution is 7.85. The van der Waals surface area contributed by atoms with Gasteiger partial charge in [-0.2, -0.15) is 0 Å². The number of hydrogen-bond donors (Lipinski definition) is 2. The number of aromatic carboxylic acids is 1. The smallest absolute Gasteiger partial charge is 0.337 e. The zero-order valence-electron chi connectivity index (χ0n) is 9.90. The van der Waals surface area contributed by atoms with E-state index < -0.39 is 17.0 Å². The van der Waals surface area contributed by atoms with Gasteiger partial charge in [-0.25, -0.2) is 9.00 Å². The van der Waals surface area contributed by atoms with Gasteiger partial charge in [0.2, 0.25) is 0 Å². The van der Waals surface area contributed by atoms with Crippen LogP contribution in [-0.4, -0.2) is 21.5 Å². The Balaban J connectivity index is 0.00000106. The fraction of sp³-hybridized carbons (Fsp3) is 0.364. The second-order valence-electron chi connectivity index (χ2n) is 2.91. The molecule has 0 spiro atoms. The Morgan fingerprint density at radius 3 is 2.38 bits per heavy atom. The third-order valence-corrected chi connectivity index (χ3v) is 2.17. The van der Waals surface area contributed by atoms with Crippen LogP contribution in [0.2, 0.25) is 0 Å². The summed E-state index contributed by atoms with van der Waals surface area (Å²) in [5.74, 6) is -1.03. The van der Waals surface area contributed by atoms with Crippen molar-refractivity contribution in [2.75, 3.05) is 11.0 Å². The van der Waals surface area contributed by atoms with Crippen LogP contribution in [0, 0.1) is 6.92 Å². The van der Waals surface area contributed by atoms with Crippen molar-refractivity contribution in [2.24, 2.45) is 0 Å². The van der Waals surface area contributed by atoms with Gasteiger partial charge in [0.25, 0.3) is 0 Å². The standard InChI is InChI=1S/C9H11NO3S.C2H6/c1-6-3-4-7(9(11)12)8(5-6)10-14(2)13;1-2/h3-5,10H,1-2H3,(H,11,12);1-2H3. The van der Waals surface area contributed by atoms with Crippen LogP contribution in [0.5, 0.6) is 0 Å². The molecule has 5 heteroatoms. The molecule has 0 radical (unpaired) electrons. The maximum Gasteiger partial charge on any atom is 0.337 e. The summed E-state index contributed by atoms with van der Waals surface area (Å²) < 4.78 is 13.5. The van der Waals surface area contributed by atoms with Crippen LogP contribution >= 0.6 is 0 Å². The molecule has 0 saturated heterocycles. The Morgan fingerprint density at radius 2 is 1.94 bits per heavy atom. The van der Waals surface area contributed by atoms with Gasteiger partial charge in [-0.15, -0.1) is 0 Å². The molecule has 16 heavy (non-hydrogen) atoms. The van der Waals surface area contributed by atoms with Crippen molar-refractivity contribution >= 4 is 22.6 Å². The maximum atomic E-state index is 10.9. The van der Waals surface area contributed by atoms with E-state index in [1.54, 1.807) is 12.1 Å². The zero-order chi connectivity index (χ0) is 12.7. The number of rotatable bonds is 3. The lowest BCUT2D eigenvalue weighted by Gasteiger charge is -2.07. The van der Waals surface area contributed by atoms with E-state index in [1.807, 2.05) is 20.8 Å². The number of hydrogen-bond acceptors (Lipinski definition) is 2. The molecule has 1 aromatic carbocycles. The van der Waals surface area contributed by atoms with Crippen LogP contribution in [-0.2, 0) is 11.0 Å². The molecule has 1 rings (SSSR count). The minimum absolute atomic E-state index is 0.130. The van der Waals surface area contributed by atoms with E-state index in [9.17, 15) is 9.00 Å². The van der Waals surface area contributed by atoms with Crippen LogP contribution in [0.3, 0.4) is 0 Å². The largest absolute Gasteiger partial charge is 0.478 e. The minimum atomic E-state index is -1.26. The van der Waals surface area contributed by atoms with E-state index in [4.69, 9.17) is 5.11 Å². The SMILES string of the molecule is CC.Cc1ccc(C(=O)O)c(NS(C)=O)c1. The first-order valence-corrected chi connectivity index (χ1v) is 6.50. The first-order valence-electron chi connectivity index (χ1n) is 4.94. The van der Waals surface area contributed by atoms with Gasteiger partial charge in [0.05, 0.1) is 11.3 Å². The van der Waals surface area contributed by atoms with Crippen molar-refractivity contribution < 1.29 is 14.1 Å². The molecule has 0 bridgehead atoms. The summed E-state index contributed by atoms with van der Waals surface area (Å²) in [6.07, 6.45) is 1.45. The predicted molar refractivity (Wildman–Crippen MR) is 67.2 cm³/mol. The summed E-state index contributed by atoms with van der Waals surface area (Å²) in [7, 11) is -1.26. The monoisotopic (exact) mass is 243 g/mol. The minimum Gasteiger partial charge on any atom is -0.478 e. The molecular weight excluding hydrogens is 226 g/mol. The van der Waals surface area contributed by atoms with Crippen molar-refractivity contribution in [3.8, 4) is 0 Å². The Labute approximate surface area is 98.3 Å². The van der Waals surface area contributed by atoms with Crippen molar-refractivity contribution in [1.29, 1.82) is 0 Å². The van der Waals surface area contributed by atoms with E-state index in [-0.39, 0.29) is 5.56 Å². The van der Waals surface area contributed by atoms with Crippen LogP contribution in [0.4, 0.5) is 5.69 Å². The van der Waals surface area contributed by atoms with Gasteiger partial charge >= 0.3 is 5.97 Å². The number of anilines is 1. The third-order valence-electron chi connectivity index (χ3n) is 1.66.